The van der Waals surface area contributed by atoms with Gasteiger partial charge in [-0.2, -0.15) is 0 Å². The molecular formula is C18H21N. The highest BCUT2D eigenvalue weighted by Crippen LogP contribution is 2.29. The maximum Gasteiger partial charge on any atom is 0.0178 e. The topological polar surface area (TPSA) is 26.0 Å². The van der Waals surface area contributed by atoms with E-state index < -0.39 is 0 Å². The molecule has 0 heterocycles. The van der Waals surface area contributed by atoms with E-state index in [9.17, 15) is 0 Å². The van der Waals surface area contributed by atoms with Crippen molar-refractivity contribution >= 4 is 5.57 Å². The lowest BCUT2D eigenvalue weighted by Crippen LogP contribution is -2.02. The van der Waals surface area contributed by atoms with Gasteiger partial charge in [0, 0.05) is 6.54 Å². The predicted molar refractivity (Wildman–Crippen MR) is 84.1 cm³/mol. The Morgan fingerprint density at radius 1 is 1.11 bits per heavy atom. The van der Waals surface area contributed by atoms with E-state index in [1.165, 1.54) is 22.3 Å². The second-order valence-corrected chi connectivity index (χ2v) is 4.91. The lowest BCUT2D eigenvalue weighted by molar-refractivity contribution is 1.14. The van der Waals surface area contributed by atoms with Gasteiger partial charge in [-0.15, -0.1) is 0 Å². The van der Waals surface area contributed by atoms with Crippen LogP contribution in [0.1, 0.15) is 23.6 Å². The van der Waals surface area contributed by atoms with Crippen molar-refractivity contribution in [2.24, 2.45) is 5.73 Å². The molecule has 0 bridgehead atoms. The number of aryl methyl sites for hydroxylation is 2. The number of hydrogen-bond acceptors (Lipinski definition) is 1. The summed E-state index contributed by atoms with van der Waals surface area (Å²) in [7, 11) is 0. The molecule has 0 spiro atoms. The molecule has 1 nitrogen and oxygen atoms in total. The summed E-state index contributed by atoms with van der Waals surface area (Å²) >= 11 is 0. The third-order valence-electron chi connectivity index (χ3n) is 3.48. The van der Waals surface area contributed by atoms with Gasteiger partial charge in [0.25, 0.3) is 0 Å². The Labute approximate surface area is 115 Å². The van der Waals surface area contributed by atoms with Gasteiger partial charge < -0.3 is 5.73 Å². The number of rotatable bonds is 4. The third-order valence-corrected chi connectivity index (χ3v) is 3.48. The Morgan fingerprint density at radius 2 is 1.79 bits per heavy atom. The molecule has 0 atom stereocenters. The van der Waals surface area contributed by atoms with E-state index in [0.717, 1.165) is 17.6 Å². The Balaban J connectivity index is 2.57. The van der Waals surface area contributed by atoms with Gasteiger partial charge >= 0.3 is 0 Å². The normalized spacial score (nSPS) is 10.5. The third kappa shape index (κ3) is 2.94. The summed E-state index contributed by atoms with van der Waals surface area (Å²) in [6.07, 6.45) is 1.04. The maximum absolute atomic E-state index is 5.75. The minimum Gasteiger partial charge on any atom is -0.326 e. The molecule has 0 unspecified atom stereocenters. The summed E-state index contributed by atoms with van der Waals surface area (Å²) in [5.74, 6) is 0. The molecule has 0 aliphatic heterocycles. The van der Waals surface area contributed by atoms with Crippen LogP contribution in [0.5, 0.6) is 0 Å². The number of hydrogen-bond donors (Lipinski definition) is 1. The van der Waals surface area contributed by atoms with Crippen LogP contribution in [0.15, 0.2) is 49.0 Å². The molecule has 0 amide bonds. The van der Waals surface area contributed by atoms with Crippen LogP contribution in [-0.2, 0) is 6.42 Å². The van der Waals surface area contributed by atoms with Crippen molar-refractivity contribution in [1.82, 2.24) is 0 Å². The lowest BCUT2D eigenvalue weighted by atomic mass is 9.92. The van der Waals surface area contributed by atoms with Gasteiger partial charge in [0.05, 0.1) is 0 Å². The van der Waals surface area contributed by atoms with E-state index >= 15 is 0 Å². The van der Waals surface area contributed by atoms with Gasteiger partial charge in [-0.1, -0.05) is 61.5 Å². The molecule has 0 fully saturated rings. The minimum absolute atomic E-state index is 0.490. The molecule has 98 valence electrons. The van der Waals surface area contributed by atoms with Crippen LogP contribution in [-0.4, -0.2) is 6.54 Å². The SMILES string of the molecule is C=C(CN)c1ccc(CC)cc1-c1ccc(C)cc1. The van der Waals surface area contributed by atoms with Crippen LogP contribution in [0, 0.1) is 6.92 Å². The maximum atomic E-state index is 5.75. The van der Waals surface area contributed by atoms with Crippen LogP contribution in [0.2, 0.25) is 0 Å². The second kappa shape index (κ2) is 5.85. The summed E-state index contributed by atoms with van der Waals surface area (Å²) in [6, 6.07) is 15.2. The van der Waals surface area contributed by atoms with Crippen LogP contribution in [0.3, 0.4) is 0 Å². The van der Waals surface area contributed by atoms with Crippen LogP contribution >= 0.6 is 0 Å². The fraction of sp³-hybridized carbons (Fsp3) is 0.222. The van der Waals surface area contributed by atoms with E-state index in [1.807, 2.05) is 0 Å². The van der Waals surface area contributed by atoms with Crippen molar-refractivity contribution in [2.45, 2.75) is 20.3 Å². The van der Waals surface area contributed by atoms with Gasteiger partial charge in [-0.05, 0) is 41.2 Å². The first-order chi connectivity index (χ1) is 9.15. The zero-order chi connectivity index (χ0) is 13.8. The minimum atomic E-state index is 0.490. The zero-order valence-electron chi connectivity index (χ0n) is 11.7. The first kappa shape index (κ1) is 13.6. The average molecular weight is 251 g/mol. The van der Waals surface area contributed by atoms with E-state index in [-0.39, 0.29) is 0 Å². The Kier molecular flexibility index (Phi) is 4.18. The Morgan fingerprint density at radius 3 is 2.37 bits per heavy atom. The van der Waals surface area contributed by atoms with Crippen molar-refractivity contribution in [2.75, 3.05) is 6.54 Å². The van der Waals surface area contributed by atoms with E-state index in [1.54, 1.807) is 0 Å². The van der Waals surface area contributed by atoms with Crippen molar-refractivity contribution in [3.05, 3.63) is 65.7 Å². The van der Waals surface area contributed by atoms with E-state index in [2.05, 4.69) is 62.9 Å². The van der Waals surface area contributed by atoms with Gasteiger partial charge in [0.15, 0.2) is 0 Å². The molecule has 1 heteroatoms. The van der Waals surface area contributed by atoms with Crippen LogP contribution < -0.4 is 5.73 Å². The highest BCUT2D eigenvalue weighted by molar-refractivity contribution is 5.81. The fourth-order valence-corrected chi connectivity index (χ4v) is 2.20. The molecule has 0 aromatic heterocycles. The smallest absolute Gasteiger partial charge is 0.0178 e. The zero-order valence-corrected chi connectivity index (χ0v) is 11.7. The molecule has 2 N–H and O–H groups in total. The molecule has 19 heavy (non-hydrogen) atoms. The number of benzene rings is 2. The fourth-order valence-electron chi connectivity index (χ4n) is 2.20. The Hall–Kier alpha value is -1.86. The van der Waals surface area contributed by atoms with E-state index in [4.69, 9.17) is 5.73 Å². The summed E-state index contributed by atoms with van der Waals surface area (Å²) in [4.78, 5) is 0. The van der Waals surface area contributed by atoms with Gasteiger partial charge in [0.2, 0.25) is 0 Å². The standard InChI is InChI=1S/C18H21N/c1-4-15-7-10-17(14(3)12-19)18(11-15)16-8-5-13(2)6-9-16/h5-11H,3-4,12,19H2,1-2H3. The highest BCUT2D eigenvalue weighted by Gasteiger charge is 2.08. The van der Waals surface area contributed by atoms with E-state index in [0.29, 0.717) is 6.54 Å². The summed E-state index contributed by atoms with van der Waals surface area (Å²) in [5, 5.41) is 0. The molecule has 2 rings (SSSR count). The predicted octanol–water partition coefficient (Wildman–Crippen LogP) is 4.20. The molecule has 0 aliphatic rings. The first-order valence-corrected chi connectivity index (χ1v) is 6.74. The van der Waals surface area contributed by atoms with Crippen LogP contribution in [0.25, 0.3) is 16.7 Å². The second-order valence-electron chi connectivity index (χ2n) is 4.91. The van der Waals surface area contributed by atoms with Gasteiger partial charge in [0.1, 0.15) is 0 Å². The van der Waals surface area contributed by atoms with Crippen molar-refractivity contribution in [3.63, 3.8) is 0 Å². The molecule has 0 saturated carbocycles. The average Bonchev–Trinajstić information content (AvgIpc) is 2.46. The molecule has 0 radical (unpaired) electrons. The monoisotopic (exact) mass is 251 g/mol. The van der Waals surface area contributed by atoms with Gasteiger partial charge in [-0.3, -0.25) is 0 Å². The first-order valence-electron chi connectivity index (χ1n) is 6.74. The highest BCUT2D eigenvalue weighted by atomic mass is 14.5. The molecule has 2 aromatic carbocycles. The summed E-state index contributed by atoms with van der Waals surface area (Å²) in [6.45, 7) is 8.84. The lowest BCUT2D eigenvalue weighted by Gasteiger charge is -2.13. The van der Waals surface area contributed by atoms with Crippen LogP contribution in [0.4, 0.5) is 0 Å². The molecule has 0 saturated heterocycles. The number of nitrogens with two attached hydrogens (primary N) is 1. The van der Waals surface area contributed by atoms with Crippen molar-refractivity contribution in [3.8, 4) is 11.1 Å². The van der Waals surface area contributed by atoms with Gasteiger partial charge in [-0.25, -0.2) is 0 Å². The van der Waals surface area contributed by atoms with Crippen molar-refractivity contribution < 1.29 is 0 Å². The molecule has 2 aromatic rings. The molecule has 0 aliphatic carbocycles. The summed E-state index contributed by atoms with van der Waals surface area (Å²) < 4.78 is 0. The Bertz CT molecular complexity index is 579. The quantitative estimate of drug-likeness (QED) is 0.866. The largest absolute Gasteiger partial charge is 0.326 e. The molecular weight excluding hydrogens is 230 g/mol. The van der Waals surface area contributed by atoms with Crippen molar-refractivity contribution in [1.29, 1.82) is 0 Å². The summed E-state index contributed by atoms with van der Waals surface area (Å²) in [5.41, 5.74) is 13.0.